The Morgan fingerprint density at radius 3 is 2.63 bits per heavy atom. The Morgan fingerprint density at radius 2 is 2.00 bits per heavy atom. The summed E-state index contributed by atoms with van der Waals surface area (Å²) in [5.74, 6) is -0.275. The van der Waals surface area contributed by atoms with Crippen LogP contribution in [0.25, 0.3) is 0 Å². The van der Waals surface area contributed by atoms with E-state index in [0.717, 1.165) is 17.7 Å². The fourth-order valence-corrected chi connectivity index (χ4v) is 2.62. The number of halogens is 1. The van der Waals surface area contributed by atoms with Gasteiger partial charge in [-0.2, -0.15) is 0 Å². The van der Waals surface area contributed by atoms with E-state index in [1.54, 1.807) is 6.20 Å². The van der Waals surface area contributed by atoms with Gasteiger partial charge < -0.3 is 5.32 Å². The van der Waals surface area contributed by atoms with E-state index in [2.05, 4.69) is 41.5 Å². The third kappa shape index (κ3) is 4.04. The van der Waals surface area contributed by atoms with E-state index in [0.29, 0.717) is 5.13 Å². The number of hydrogen-bond donors (Lipinski definition) is 1. The second-order valence-electron chi connectivity index (χ2n) is 4.16. The maximum absolute atomic E-state index is 11.1. The Hall–Kier alpha value is -1.39. The van der Waals surface area contributed by atoms with Crippen LogP contribution < -0.4 is 5.32 Å². The number of rotatable bonds is 5. The van der Waals surface area contributed by atoms with Crippen molar-refractivity contribution in [2.24, 2.45) is 0 Å². The van der Waals surface area contributed by atoms with E-state index in [1.807, 2.05) is 0 Å². The summed E-state index contributed by atoms with van der Waals surface area (Å²) in [6.45, 7) is 2.14. The van der Waals surface area contributed by atoms with Crippen LogP contribution in [-0.2, 0) is 17.6 Å². The zero-order valence-corrected chi connectivity index (χ0v) is 12.2. The highest BCUT2D eigenvalue weighted by molar-refractivity contribution is 7.15. The molecule has 0 aliphatic rings. The molecule has 0 saturated carbocycles. The molecule has 0 fully saturated rings. The van der Waals surface area contributed by atoms with Crippen LogP contribution in [0.4, 0.5) is 5.13 Å². The Balaban J connectivity index is 2.00. The molecule has 2 aromatic rings. The van der Waals surface area contributed by atoms with Crippen LogP contribution in [0.15, 0.2) is 30.5 Å². The highest BCUT2D eigenvalue weighted by Crippen LogP contribution is 2.21. The summed E-state index contributed by atoms with van der Waals surface area (Å²) in [5.41, 5.74) is 2.58. The minimum atomic E-state index is -0.227. The number of aryl methyl sites for hydroxylation is 1. The molecular formula is C14H15ClN2OS. The lowest BCUT2D eigenvalue weighted by Gasteiger charge is -2.00. The molecular weight excluding hydrogens is 280 g/mol. The minimum Gasteiger partial charge on any atom is -0.301 e. The number of nitrogens with zero attached hydrogens (tertiary/aromatic N) is 1. The number of aromatic nitrogens is 1. The standard InChI is InChI=1S/C14H15ClN2OS/c1-2-10-3-5-11(6-4-10)7-12-9-16-14(19-12)17-13(18)8-15/h3-6,9H,2,7-8H2,1H3,(H,16,17,18). The van der Waals surface area contributed by atoms with Gasteiger partial charge in [0.1, 0.15) is 5.88 Å². The normalized spacial score (nSPS) is 10.4. The predicted octanol–water partition coefficient (Wildman–Crippen LogP) is 3.47. The summed E-state index contributed by atoms with van der Waals surface area (Å²) in [6, 6.07) is 8.56. The molecule has 0 bridgehead atoms. The van der Waals surface area contributed by atoms with Crippen molar-refractivity contribution in [3.05, 3.63) is 46.5 Å². The van der Waals surface area contributed by atoms with E-state index in [1.165, 1.54) is 22.5 Å². The monoisotopic (exact) mass is 294 g/mol. The quantitative estimate of drug-likeness (QED) is 0.858. The molecule has 19 heavy (non-hydrogen) atoms. The van der Waals surface area contributed by atoms with Crippen molar-refractivity contribution in [1.29, 1.82) is 0 Å². The summed E-state index contributed by atoms with van der Waals surface area (Å²) >= 11 is 6.91. The van der Waals surface area contributed by atoms with Gasteiger partial charge in [-0.05, 0) is 17.5 Å². The fourth-order valence-electron chi connectivity index (χ4n) is 1.69. The number of hydrogen-bond acceptors (Lipinski definition) is 3. The topological polar surface area (TPSA) is 42.0 Å². The van der Waals surface area contributed by atoms with Crippen LogP contribution >= 0.6 is 22.9 Å². The van der Waals surface area contributed by atoms with Gasteiger partial charge in [-0.1, -0.05) is 31.2 Å². The highest BCUT2D eigenvalue weighted by atomic mass is 35.5. The highest BCUT2D eigenvalue weighted by Gasteiger charge is 2.06. The van der Waals surface area contributed by atoms with Gasteiger partial charge in [-0.15, -0.1) is 22.9 Å². The van der Waals surface area contributed by atoms with Crippen LogP contribution in [0, 0.1) is 0 Å². The number of amides is 1. The molecule has 2 rings (SSSR count). The maximum atomic E-state index is 11.1. The van der Waals surface area contributed by atoms with Crippen LogP contribution in [0.2, 0.25) is 0 Å². The first-order valence-electron chi connectivity index (χ1n) is 6.09. The van der Waals surface area contributed by atoms with Crippen LogP contribution in [0.3, 0.4) is 0 Å². The van der Waals surface area contributed by atoms with Gasteiger partial charge in [0, 0.05) is 17.5 Å². The molecule has 1 N–H and O–H groups in total. The molecule has 1 heterocycles. The molecule has 100 valence electrons. The van der Waals surface area contributed by atoms with Gasteiger partial charge in [0.2, 0.25) is 5.91 Å². The average molecular weight is 295 g/mol. The smallest absolute Gasteiger partial charge is 0.241 e. The van der Waals surface area contributed by atoms with Crippen molar-refractivity contribution in [3.8, 4) is 0 Å². The summed E-state index contributed by atoms with van der Waals surface area (Å²) < 4.78 is 0. The molecule has 0 spiro atoms. The number of carbonyl (C=O) groups excluding carboxylic acids is 1. The zero-order valence-electron chi connectivity index (χ0n) is 10.6. The van der Waals surface area contributed by atoms with Crippen molar-refractivity contribution < 1.29 is 4.79 Å². The molecule has 5 heteroatoms. The van der Waals surface area contributed by atoms with Crippen molar-refractivity contribution in [3.63, 3.8) is 0 Å². The molecule has 3 nitrogen and oxygen atoms in total. The third-order valence-corrected chi connectivity index (χ3v) is 3.89. The second kappa shape index (κ2) is 6.68. The minimum absolute atomic E-state index is 0.0482. The fraction of sp³-hybridized carbons (Fsp3) is 0.286. The maximum Gasteiger partial charge on any atom is 0.241 e. The molecule has 0 unspecified atom stereocenters. The van der Waals surface area contributed by atoms with E-state index < -0.39 is 0 Å². The van der Waals surface area contributed by atoms with Crippen LogP contribution in [-0.4, -0.2) is 16.8 Å². The Kier molecular flexibility index (Phi) is 4.93. The van der Waals surface area contributed by atoms with E-state index in [-0.39, 0.29) is 11.8 Å². The largest absolute Gasteiger partial charge is 0.301 e. The molecule has 0 radical (unpaired) electrons. The number of thiazole rings is 1. The molecule has 0 aliphatic carbocycles. The number of benzene rings is 1. The Morgan fingerprint density at radius 1 is 1.32 bits per heavy atom. The van der Waals surface area contributed by atoms with Gasteiger partial charge in [-0.3, -0.25) is 4.79 Å². The molecule has 1 aromatic carbocycles. The lowest BCUT2D eigenvalue weighted by atomic mass is 10.1. The van der Waals surface area contributed by atoms with Gasteiger partial charge in [0.25, 0.3) is 0 Å². The predicted molar refractivity (Wildman–Crippen MR) is 80.1 cm³/mol. The van der Waals surface area contributed by atoms with Gasteiger partial charge in [0.15, 0.2) is 5.13 Å². The number of anilines is 1. The van der Waals surface area contributed by atoms with Gasteiger partial charge in [0.05, 0.1) is 0 Å². The molecule has 0 atom stereocenters. The molecule has 1 amide bonds. The van der Waals surface area contributed by atoms with E-state index >= 15 is 0 Å². The lowest BCUT2D eigenvalue weighted by Crippen LogP contribution is -2.11. The summed E-state index contributed by atoms with van der Waals surface area (Å²) in [7, 11) is 0. The number of alkyl halides is 1. The van der Waals surface area contributed by atoms with Crippen molar-refractivity contribution in [2.45, 2.75) is 19.8 Å². The lowest BCUT2D eigenvalue weighted by molar-refractivity contribution is -0.113. The van der Waals surface area contributed by atoms with E-state index in [9.17, 15) is 4.79 Å². The Bertz CT molecular complexity index is 551. The Labute approximate surface area is 121 Å². The second-order valence-corrected chi connectivity index (χ2v) is 5.54. The van der Waals surface area contributed by atoms with Crippen LogP contribution in [0.1, 0.15) is 22.9 Å². The summed E-state index contributed by atoms with van der Waals surface area (Å²) in [5, 5.41) is 3.26. The summed E-state index contributed by atoms with van der Waals surface area (Å²) in [6.07, 6.45) is 3.68. The zero-order chi connectivity index (χ0) is 13.7. The third-order valence-electron chi connectivity index (χ3n) is 2.73. The molecule has 0 saturated heterocycles. The van der Waals surface area contributed by atoms with Gasteiger partial charge >= 0.3 is 0 Å². The molecule has 1 aromatic heterocycles. The number of carbonyl (C=O) groups is 1. The van der Waals surface area contributed by atoms with E-state index in [4.69, 9.17) is 11.6 Å². The van der Waals surface area contributed by atoms with Crippen molar-refractivity contribution in [1.82, 2.24) is 4.98 Å². The first-order valence-corrected chi connectivity index (χ1v) is 7.44. The average Bonchev–Trinajstić information content (AvgIpc) is 2.86. The summed E-state index contributed by atoms with van der Waals surface area (Å²) in [4.78, 5) is 16.4. The van der Waals surface area contributed by atoms with Crippen molar-refractivity contribution in [2.75, 3.05) is 11.2 Å². The first kappa shape index (κ1) is 14.0. The SMILES string of the molecule is CCc1ccc(Cc2cnc(NC(=O)CCl)s2)cc1. The van der Waals surface area contributed by atoms with Crippen molar-refractivity contribution >= 4 is 34.0 Å². The van der Waals surface area contributed by atoms with Crippen LogP contribution in [0.5, 0.6) is 0 Å². The first-order chi connectivity index (χ1) is 9.21. The van der Waals surface area contributed by atoms with Gasteiger partial charge in [-0.25, -0.2) is 4.98 Å². The number of nitrogens with one attached hydrogen (secondary N) is 1. The molecule has 0 aliphatic heterocycles.